The topological polar surface area (TPSA) is 157 Å². The van der Waals surface area contributed by atoms with E-state index in [1.54, 1.807) is 17.0 Å². The number of nitrogens with one attached hydrogen (secondary N) is 6. The van der Waals surface area contributed by atoms with Gasteiger partial charge < -0.3 is 16.0 Å². The van der Waals surface area contributed by atoms with Crippen molar-refractivity contribution in [3.05, 3.63) is 59.4 Å². The van der Waals surface area contributed by atoms with Gasteiger partial charge in [0.05, 0.1) is 11.7 Å². The fraction of sp³-hybridized carbons (Fsp3) is 0.444. The van der Waals surface area contributed by atoms with Crippen molar-refractivity contribution >= 4 is 29.3 Å². The van der Waals surface area contributed by atoms with Crippen molar-refractivity contribution in [3.63, 3.8) is 0 Å². The largest absolute Gasteiger partial charge is 0.353 e. The van der Waals surface area contributed by atoms with E-state index in [0.29, 0.717) is 37.9 Å². The molecule has 12 nitrogen and oxygen atoms in total. The molecule has 1 unspecified atom stereocenters. The Morgan fingerprint density at radius 3 is 2.62 bits per heavy atom. The second kappa shape index (κ2) is 11.5. The van der Waals surface area contributed by atoms with E-state index >= 15 is 0 Å². The molecule has 2 aromatic rings. The molecule has 39 heavy (non-hydrogen) atoms. The summed E-state index contributed by atoms with van der Waals surface area (Å²) in [5.41, 5.74) is 11.9. The van der Waals surface area contributed by atoms with Gasteiger partial charge in [0, 0.05) is 37.5 Å². The second-order valence-corrected chi connectivity index (χ2v) is 10.5. The number of benzene rings is 1. The lowest BCUT2D eigenvalue weighted by molar-refractivity contribution is -0.130. The van der Waals surface area contributed by atoms with Gasteiger partial charge in [-0.2, -0.15) is 5.53 Å². The van der Waals surface area contributed by atoms with Gasteiger partial charge in [-0.05, 0) is 42.0 Å². The van der Waals surface area contributed by atoms with Crippen LogP contribution in [0, 0.1) is 5.92 Å². The summed E-state index contributed by atoms with van der Waals surface area (Å²) in [6.45, 7) is 4.72. The van der Waals surface area contributed by atoms with Crippen LogP contribution in [0.3, 0.4) is 0 Å². The SMILES string of the molecule is CC(C)[C@H](NC(=O)c1ccncc1)C(=O)N[C@H]1CCc2cccc3c2N(C1=O)[C@H](C(=O)NCC1CNNN1)C3. The minimum Gasteiger partial charge on any atom is -0.353 e. The predicted octanol–water partition coefficient (Wildman–Crippen LogP) is -0.678. The normalized spacial score (nSPS) is 22.7. The van der Waals surface area contributed by atoms with Crippen molar-refractivity contribution in [2.45, 2.75) is 57.3 Å². The summed E-state index contributed by atoms with van der Waals surface area (Å²) >= 11 is 0. The first-order valence-corrected chi connectivity index (χ1v) is 13.3. The number of carbonyl (C=O) groups is 4. The maximum Gasteiger partial charge on any atom is 0.252 e. The van der Waals surface area contributed by atoms with Crippen molar-refractivity contribution in [2.24, 2.45) is 5.92 Å². The molecule has 0 spiro atoms. The number of amides is 4. The molecule has 1 aromatic heterocycles. The molecular formula is C27H34N8O4. The summed E-state index contributed by atoms with van der Waals surface area (Å²) in [4.78, 5) is 58.9. The fourth-order valence-electron chi connectivity index (χ4n) is 5.34. The minimum absolute atomic E-state index is 0.0236. The van der Waals surface area contributed by atoms with Crippen LogP contribution < -0.4 is 37.2 Å². The Balaban J connectivity index is 1.32. The van der Waals surface area contributed by atoms with Crippen molar-refractivity contribution in [3.8, 4) is 0 Å². The van der Waals surface area contributed by atoms with E-state index in [4.69, 9.17) is 0 Å². The number of rotatable bonds is 8. The van der Waals surface area contributed by atoms with Crippen LogP contribution in [-0.2, 0) is 27.2 Å². The predicted molar refractivity (Wildman–Crippen MR) is 143 cm³/mol. The number of pyridine rings is 1. The van der Waals surface area contributed by atoms with Crippen molar-refractivity contribution in [1.82, 2.24) is 37.3 Å². The van der Waals surface area contributed by atoms with Crippen molar-refractivity contribution < 1.29 is 19.2 Å². The third-order valence-corrected chi connectivity index (χ3v) is 7.44. The molecular weight excluding hydrogens is 500 g/mol. The zero-order valence-corrected chi connectivity index (χ0v) is 22.0. The fourth-order valence-corrected chi connectivity index (χ4v) is 5.34. The zero-order valence-electron chi connectivity index (χ0n) is 22.0. The molecule has 0 saturated carbocycles. The van der Waals surface area contributed by atoms with Gasteiger partial charge in [-0.25, -0.2) is 10.9 Å². The minimum atomic E-state index is -0.849. The molecule has 206 valence electrons. The summed E-state index contributed by atoms with van der Waals surface area (Å²) in [7, 11) is 0. The van der Waals surface area contributed by atoms with Gasteiger partial charge in [0.2, 0.25) is 17.7 Å². The number of hydrogen-bond donors (Lipinski definition) is 6. The van der Waals surface area contributed by atoms with Gasteiger partial charge in [-0.15, -0.1) is 0 Å². The van der Waals surface area contributed by atoms with Gasteiger partial charge >= 0.3 is 0 Å². The average molecular weight is 535 g/mol. The lowest BCUT2D eigenvalue weighted by atomic mass is 9.99. The molecule has 6 N–H and O–H groups in total. The molecule has 0 radical (unpaired) electrons. The smallest absolute Gasteiger partial charge is 0.252 e. The number of anilines is 1. The summed E-state index contributed by atoms with van der Waals surface area (Å²) in [5, 5.41) is 8.64. The highest BCUT2D eigenvalue weighted by atomic mass is 16.2. The number of para-hydroxylation sites is 1. The van der Waals surface area contributed by atoms with E-state index in [9.17, 15) is 19.2 Å². The van der Waals surface area contributed by atoms with E-state index < -0.39 is 29.9 Å². The van der Waals surface area contributed by atoms with Crippen LogP contribution in [0.15, 0.2) is 42.7 Å². The molecule has 3 aliphatic heterocycles. The quantitative estimate of drug-likeness (QED) is 0.260. The Hall–Kier alpha value is -3.87. The van der Waals surface area contributed by atoms with Crippen LogP contribution in [0.4, 0.5) is 5.69 Å². The molecule has 5 rings (SSSR count). The molecule has 3 aliphatic rings. The first kappa shape index (κ1) is 26.7. The van der Waals surface area contributed by atoms with E-state index in [0.717, 1.165) is 16.8 Å². The number of nitrogens with zero attached hydrogens (tertiary/aromatic N) is 2. The Kier molecular flexibility index (Phi) is 7.87. The standard InChI is InChI=1S/C27H34N8O4/c1-15(2)22(32-24(36)17-8-10-28-11-9-17)26(38)31-20-7-6-16-4-3-5-18-12-21(35(23(16)18)27(20)39)25(37)29-13-19-14-30-34-33-19/h3-5,8-11,15,19-22,30,33-34H,6-7,12-14H2,1-2H3,(H,29,37)(H,31,38)(H,32,36)/t19?,20-,21-,22-/m0/s1. The van der Waals surface area contributed by atoms with Crippen LogP contribution in [0.2, 0.25) is 0 Å². The Morgan fingerprint density at radius 1 is 1.13 bits per heavy atom. The van der Waals surface area contributed by atoms with Gasteiger partial charge in [-0.3, -0.25) is 29.1 Å². The first-order chi connectivity index (χ1) is 18.8. The van der Waals surface area contributed by atoms with Gasteiger partial charge in [0.15, 0.2) is 0 Å². The number of aromatic nitrogens is 1. The van der Waals surface area contributed by atoms with Crippen LogP contribution >= 0.6 is 0 Å². The summed E-state index contributed by atoms with van der Waals surface area (Å²) < 4.78 is 0. The van der Waals surface area contributed by atoms with Crippen molar-refractivity contribution in [2.75, 3.05) is 18.0 Å². The summed E-state index contributed by atoms with van der Waals surface area (Å²) in [5.74, 6) is -1.62. The summed E-state index contributed by atoms with van der Waals surface area (Å²) in [6, 6.07) is 6.63. The number of carbonyl (C=O) groups excluding carboxylic acids is 4. The number of hydrazine groups is 2. The highest BCUT2D eigenvalue weighted by Gasteiger charge is 2.44. The highest BCUT2D eigenvalue weighted by molar-refractivity contribution is 6.08. The van der Waals surface area contributed by atoms with Gasteiger partial charge in [0.1, 0.15) is 18.1 Å². The monoisotopic (exact) mass is 534 g/mol. The van der Waals surface area contributed by atoms with Gasteiger partial charge in [-0.1, -0.05) is 32.0 Å². The molecule has 4 amide bonds. The molecule has 1 fully saturated rings. The van der Waals surface area contributed by atoms with E-state index in [1.807, 2.05) is 32.0 Å². The molecule has 12 heteroatoms. The maximum absolute atomic E-state index is 13.9. The molecule has 1 aromatic carbocycles. The molecule has 1 saturated heterocycles. The second-order valence-electron chi connectivity index (χ2n) is 10.5. The van der Waals surface area contributed by atoms with Crippen LogP contribution in [0.1, 0.15) is 41.8 Å². The zero-order chi connectivity index (χ0) is 27.5. The third-order valence-electron chi connectivity index (χ3n) is 7.44. The molecule has 4 heterocycles. The van der Waals surface area contributed by atoms with Crippen LogP contribution in [0.25, 0.3) is 0 Å². The van der Waals surface area contributed by atoms with E-state index in [1.165, 1.54) is 12.4 Å². The summed E-state index contributed by atoms with van der Waals surface area (Å²) in [6.07, 6.45) is 4.39. The lowest BCUT2D eigenvalue weighted by Gasteiger charge is -2.29. The molecule has 4 atom stereocenters. The highest BCUT2D eigenvalue weighted by Crippen LogP contribution is 2.39. The van der Waals surface area contributed by atoms with Crippen LogP contribution in [-0.4, -0.2) is 65.9 Å². The van der Waals surface area contributed by atoms with Crippen LogP contribution in [0.5, 0.6) is 0 Å². The number of aryl methyl sites for hydroxylation is 1. The average Bonchev–Trinajstić information content (AvgIpc) is 3.57. The Bertz CT molecular complexity index is 1250. The Morgan fingerprint density at radius 2 is 1.90 bits per heavy atom. The number of hydrogen-bond acceptors (Lipinski definition) is 8. The van der Waals surface area contributed by atoms with E-state index in [2.05, 4.69) is 37.3 Å². The third kappa shape index (κ3) is 5.63. The molecule has 0 bridgehead atoms. The van der Waals surface area contributed by atoms with Gasteiger partial charge in [0.25, 0.3) is 5.91 Å². The Labute approximate surface area is 226 Å². The first-order valence-electron chi connectivity index (χ1n) is 13.3. The maximum atomic E-state index is 13.9. The van der Waals surface area contributed by atoms with E-state index in [-0.39, 0.29) is 23.8 Å². The lowest BCUT2D eigenvalue weighted by Crippen LogP contribution is -2.58. The van der Waals surface area contributed by atoms with Crippen molar-refractivity contribution in [1.29, 1.82) is 0 Å². The molecule has 0 aliphatic carbocycles.